The number of rotatable bonds is 10. The van der Waals surface area contributed by atoms with Gasteiger partial charge in [0.15, 0.2) is 0 Å². The molecule has 1 aromatic carbocycles. The molecule has 7 heteroatoms. The van der Waals surface area contributed by atoms with Crippen molar-refractivity contribution in [3.05, 3.63) is 58.5 Å². The van der Waals surface area contributed by atoms with E-state index in [0.717, 1.165) is 23.3 Å². The van der Waals surface area contributed by atoms with Crippen LogP contribution in [0.25, 0.3) is 21.3 Å². The highest BCUT2D eigenvalue weighted by Crippen LogP contribution is 2.36. The topological polar surface area (TPSA) is 78.5 Å². The molecule has 2 N–H and O–H groups in total. The number of aromatic nitrogens is 2. The Hall–Kier alpha value is -2.48. The second kappa shape index (κ2) is 10.0. The number of allylic oxidation sites excluding steroid dienone is 1. The average molecular weight is 428 g/mol. The van der Waals surface area contributed by atoms with Crippen molar-refractivity contribution in [1.82, 2.24) is 14.9 Å². The lowest BCUT2D eigenvalue weighted by atomic mass is 10.1. The first kappa shape index (κ1) is 22.2. The molecule has 0 aliphatic heterocycles. The molecule has 2 aromatic heterocycles. The second-order valence-electron chi connectivity index (χ2n) is 7.59. The molecule has 0 amide bonds. The Kier molecular flexibility index (Phi) is 7.42. The number of hydrogen-bond donors (Lipinski definition) is 2. The Morgan fingerprint density at radius 3 is 2.80 bits per heavy atom. The Morgan fingerprint density at radius 2 is 2.10 bits per heavy atom. The highest BCUT2D eigenvalue weighted by atomic mass is 32.1. The number of H-pyrrole nitrogens is 1. The zero-order chi connectivity index (χ0) is 21.7. The lowest BCUT2D eigenvalue weighted by Gasteiger charge is -2.28. The third-order valence-corrected chi connectivity index (χ3v) is 5.99. The number of methoxy groups -OCH3 is 1. The van der Waals surface area contributed by atoms with Gasteiger partial charge in [0.05, 0.1) is 25.1 Å². The van der Waals surface area contributed by atoms with Crippen molar-refractivity contribution in [2.24, 2.45) is 0 Å². The smallest absolute Gasteiger partial charge is 0.260 e. The minimum atomic E-state index is -0.445. The molecule has 0 aliphatic rings. The van der Waals surface area contributed by atoms with E-state index in [-0.39, 0.29) is 11.6 Å². The molecule has 6 nitrogen and oxygen atoms in total. The number of benzene rings is 1. The Labute approximate surface area is 180 Å². The van der Waals surface area contributed by atoms with Gasteiger partial charge in [-0.25, -0.2) is 4.98 Å². The molecule has 0 fully saturated rings. The van der Waals surface area contributed by atoms with Crippen molar-refractivity contribution in [1.29, 1.82) is 0 Å². The summed E-state index contributed by atoms with van der Waals surface area (Å²) >= 11 is 1.45. The molecule has 0 saturated carbocycles. The molecule has 3 rings (SSSR count). The average Bonchev–Trinajstić information content (AvgIpc) is 3.16. The number of aromatic amines is 1. The molecule has 0 spiro atoms. The summed E-state index contributed by atoms with van der Waals surface area (Å²) in [6, 6.07) is 7.86. The summed E-state index contributed by atoms with van der Waals surface area (Å²) in [5.41, 5.74) is 1.54. The van der Waals surface area contributed by atoms with Crippen LogP contribution in [0.5, 0.6) is 5.75 Å². The van der Waals surface area contributed by atoms with E-state index in [1.165, 1.54) is 11.3 Å². The van der Waals surface area contributed by atoms with Gasteiger partial charge in [0, 0.05) is 29.1 Å². The fraction of sp³-hybridized carbons (Fsp3) is 0.391. The van der Waals surface area contributed by atoms with Crippen molar-refractivity contribution < 1.29 is 9.84 Å². The summed E-state index contributed by atoms with van der Waals surface area (Å²) in [6.07, 6.45) is 2.81. The van der Waals surface area contributed by atoms with Crippen molar-refractivity contribution in [2.45, 2.75) is 45.4 Å². The Balaban J connectivity index is 1.90. The van der Waals surface area contributed by atoms with Gasteiger partial charge in [-0.3, -0.25) is 9.69 Å². The number of hydrogen-bond acceptors (Lipinski definition) is 6. The van der Waals surface area contributed by atoms with Crippen molar-refractivity contribution in [3.63, 3.8) is 0 Å². The fourth-order valence-electron chi connectivity index (χ4n) is 3.46. The van der Waals surface area contributed by atoms with E-state index in [9.17, 15) is 9.90 Å². The maximum absolute atomic E-state index is 13.0. The number of ether oxygens (including phenoxy) is 1. The molecular weight excluding hydrogens is 398 g/mol. The summed E-state index contributed by atoms with van der Waals surface area (Å²) in [6.45, 7) is 8.84. The summed E-state index contributed by atoms with van der Waals surface area (Å²) < 4.78 is 5.46. The molecule has 30 heavy (non-hydrogen) atoms. The minimum Gasteiger partial charge on any atom is -0.496 e. The third-order valence-electron chi connectivity index (χ3n) is 5.12. The molecule has 0 bridgehead atoms. The van der Waals surface area contributed by atoms with Crippen LogP contribution in [0.4, 0.5) is 0 Å². The van der Waals surface area contributed by atoms with Crippen molar-refractivity contribution in [2.75, 3.05) is 13.7 Å². The number of fused-ring (bicyclic) bond motifs is 1. The first-order valence-electron chi connectivity index (χ1n) is 10.1. The van der Waals surface area contributed by atoms with Gasteiger partial charge in [0.1, 0.15) is 16.4 Å². The van der Waals surface area contributed by atoms with E-state index < -0.39 is 6.10 Å². The molecular formula is C23H29N3O3S. The van der Waals surface area contributed by atoms with Gasteiger partial charge in [-0.05, 0) is 32.8 Å². The van der Waals surface area contributed by atoms with Crippen LogP contribution in [0.2, 0.25) is 0 Å². The van der Waals surface area contributed by atoms with Gasteiger partial charge < -0.3 is 14.8 Å². The number of aliphatic hydroxyl groups is 1. The van der Waals surface area contributed by atoms with Gasteiger partial charge in [-0.2, -0.15) is 0 Å². The number of nitrogens with one attached hydrogen (secondary N) is 1. The number of thiophene rings is 1. The van der Waals surface area contributed by atoms with Crippen LogP contribution in [0.15, 0.2) is 47.1 Å². The standard InChI is InChI=1S/C23H29N3O3S/c1-5-6-9-16(27)12-26(15(2)3)13-20-24-22(28)21-18(14-30-23(21)25-20)17-10-7-8-11-19(17)29-4/h5,7-8,10-11,14-16,27H,1,6,9,12-13H2,2-4H3,(H,24,25,28). The minimum absolute atomic E-state index is 0.159. The van der Waals surface area contributed by atoms with E-state index in [4.69, 9.17) is 9.72 Å². The second-order valence-corrected chi connectivity index (χ2v) is 8.44. The SMILES string of the molecule is C=CCCC(O)CN(Cc1nc2scc(-c3ccccc3OC)c2c(=O)[nH]1)C(C)C. The van der Waals surface area contributed by atoms with E-state index >= 15 is 0 Å². The summed E-state index contributed by atoms with van der Waals surface area (Å²) in [5.74, 6) is 1.32. The third kappa shape index (κ3) is 4.98. The maximum atomic E-state index is 13.0. The lowest BCUT2D eigenvalue weighted by molar-refractivity contribution is 0.0839. The van der Waals surface area contributed by atoms with Crippen LogP contribution >= 0.6 is 11.3 Å². The highest BCUT2D eigenvalue weighted by Gasteiger charge is 2.19. The van der Waals surface area contributed by atoms with Gasteiger partial charge >= 0.3 is 0 Å². The van der Waals surface area contributed by atoms with Gasteiger partial charge in [-0.1, -0.05) is 24.3 Å². The molecule has 2 heterocycles. The molecule has 3 aromatic rings. The van der Waals surface area contributed by atoms with Gasteiger partial charge in [-0.15, -0.1) is 17.9 Å². The van der Waals surface area contributed by atoms with E-state index in [1.54, 1.807) is 7.11 Å². The monoisotopic (exact) mass is 427 g/mol. The lowest BCUT2D eigenvalue weighted by Crippen LogP contribution is -2.38. The number of aliphatic hydroxyl groups excluding tert-OH is 1. The van der Waals surface area contributed by atoms with Crippen LogP contribution in [0.3, 0.4) is 0 Å². The zero-order valence-corrected chi connectivity index (χ0v) is 18.5. The van der Waals surface area contributed by atoms with Crippen LogP contribution in [-0.4, -0.2) is 45.8 Å². The fourth-order valence-corrected chi connectivity index (χ4v) is 4.41. The molecule has 1 atom stereocenters. The normalized spacial score (nSPS) is 12.6. The molecule has 0 aliphatic carbocycles. The van der Waals surface area contributed by atoms with Gasteiger partial charge in [0.2, 0.25) is 0 Å². The van der Waals surface area contributed by atoms with Crippen LogP contribution in [0, 0.1) is 0 Å². The van der Waals surface area contributed by atoms with Crippen molar-refractivity contribution >= 4 is 21.6 Å². The molecule has 160 valence electrons. The highest BCUT2D eigenvalue weighted by molar-refractivity contribution is 7.17. The van der Waals surface area contributed by atoms with Crippen molar-refractivity contribution in [3.8, 4) is 16.9 Å². The summed E-state index contributed by atoms with van der Waals surface area (Å²) in [5, 5.41) is 12.8. The van der Waals surface area contributed by atoms with E-state index in [1.807, 2.05) is 35.7 Å². The molecule has 1 unspecified atom stereocenters. The Morgan fingerprint density at radius 1 is 1.33 bits per heavy atom. The largest absolute Gasteiger partial charge is 0.496 e. The quantitative estimate of drug-likeness (QED) is 0.474. The summed E-state index contributed by atoms with van der Waals surface area (Å²) in [4.78, 5) is 23.4. The van der Waals surface area contributed by atoms with Crippen LogP contribution in [0.1, 0.15) is 32.5 Å². The number of nitrogens with zero attached hydrogens (tertiary/aromatic N) is 2. The van der Waals surface area contributed by atoms with Crippen LogP contribution in [-0.2, 0) is 6.54 Å². The predicted molar refractivity (Wildman–Crippen MR) is 123 cm³/mol. The molecule has 0 saturated heterocycles. The van der Waals surface area contributed by atoms with E-state index in [2.05, 4.69) is 30.3 Å². The maximum Gasteiger partial charge on any atom is 0.260 e. The predicted octanol–water partition coefficient (Wildman–Crippen LogP) is 4.20. The van der Waals surface area contributed by atoms with Gasteiger partial charge in [0.25, 0.3) is 5.56 Å². The summed E-state index contributed by atoms with van der Waals surface area (Å²) in [7, 11) is 1.62. The zero-order valence-electron chi connectivity index (χ0n) is 17.7. The Bertz CT molecular complexity index is 1060. The number of para-hydroxylation sites is 1. The molecule has 0 radical (unpaired) electrons. The van der Waals surface area contributed by atoms with E-state index in [0.29, 0.717) is 35.6 Å². The first-order chi connectivity index (χ1) is 14.4. The van der Waals surface area contributed by atoms with Crippen LogP contribution < -0.4 is 10.3 Å². The first-order valence-corrected chi connectivity index (χ1v) is 11.0.